The number of carbonyl (C=O) groups is 3. The largest absolute Gasteiger partial charge is 0.467 e. The molecular formula is C26H29N7O4. The maximum Gasteiger partial charge on any atom is 0.328 e. The normalized spacial score (nSPS) is 11.5. The lowest BCUT2D eigenvalue weighted by molar-refractivity contribution is -0.143. The van der Waals surface area contributed by atoms with Crippen molar-refractivity contribution >= 4 is 35.5 Å². The standard InChI is InChI=1S/C26H29N7O4/c1-37-26(36)22(11-5-7-15-29-25(35)21-10-4-6-14-28-21)32-24(34)19-12-13-23(30-16-19)33-31-17-18-8-2-3-9-20(18)27/h2-4,6,8-10,12-14,16-17,22H,5,7,11,15,27H2,1H3,(H,29,35)(H,30,33)(H,32,34)/b31-17-. The number of amides is 2. The number of benzene rings is 1. The molecule has 11 heteroatoms. The molecule has 2 aromatic heterocycles. The third-order valence-corrected chi connectivity index (χ3v) is 5.30. The molecule has 0 aliphatic heterocycles. The van der Waals surface area contributed by atoms with Crippen molar-refractivity contribution in [2.24, 2.45) is 5.10 Å². The third-order valence-electron chi connectivity index (χ3n) is 5.30. The Kier molecular flexibility index (Phi) is 10.1. The van der Waals surface area contributed by atoms with E-state index in [9.17, 15) is 14.4 Å². The van der Waals surface area contributed by atoms with Gasteiger partial charge in [0.25, 0.3) is 11.8 Å². The predicted molar refractivity (Wildman–Crippen MR) is 140 cm³/mol. The minimum atomic E-state index is -0.831. The van der Waals surface area contributed by atoms with Crippen molar-refractivity contribution in [2.75, 3.05) is 24.8 Å². The highest BCUT2D eigenvalue weighted by Gasteiger charge is 2.22. The van der Waals surface area contributed by atoms with Crippen LogP contribution >= 0.6 is 0 Å². The number of para-hydroxylation sites is 1. The van der Waals surface area contributed by atoms with E-state index in [1.807, 2.05) is 18.2 Å². The average Bonchev–Trinajstić information content (AvgIpc) is 2.93. The van der Waals surface area contributed by atoms with Crippen molar-refractivity contribution in [3.05, 3.63) is 83.8 Å². The zero-order valence-corrected chi connectivity index (χ0v) is 20.4. The van der Waals surface area contributed by atoms with Crippen LogP contribution in [0.4, 0.5) is 11.5 Å². The molecule has 0 aliphatic carbocycles. The number of ether oxygens (including phenoxy) is 1. The van der Waals surface area contributed by atoms with Crippen LogP contribution in [0, 0.1) is 0 Å². The predicted octanol–water partition coefficient (Wildman–Crippen LogP) is 2.38. The van der Waals surface area contributed by atoms with Crippen molar-refractivity contribution in [2.45, 2.75) is 25.3 Å². The molecule has 0 spiro atoms. The van der Waals surface area contributed by atoms with Gasteiger partial charge in [0.2, 0.25) is 0 Å². The summed E-state index contributed by atoms with van der Waals surface area (Å²) < 4.78 is 4.83. The fourth-order valence-corrected chi connectivity index (χ4v) is 3.29. The van der Waals surface area contributed by atoms with E-state index in [-0.39, 0.29) is 11.5 Å². The fraction of sp³-hybridized carbons (Fsp3) is 0.231. The molecule has 2 heterocycles. The molecule has 0 radical (unpaired) electrons. The number of nitrogens with one attached hydrogen (secondary N) is 3. The number of hydrogen-bond donors (Lipinski definition) is 4. The van der Waals surface area contributed by atoms with Crippen molar-refractivity contribution in [1.29, 1.82) is 0 Å². The number of esters is 1. The van der Waals surface area contributed by atoms with Gasteiger partial charge in [-0.15, -0.1) is 0 Å². The molecule has 1 aromatic carbocycles. The van der Waals surface area contributed by atoms with Crippen LogP contribution in [0.5, 0.6) is 0 Å². The quantitative estimate of drug-likeness (QED) is 0.0963. The van der Waals surface area contributed by atoms with Crippen LogP contribution in [-0.4, -0.2) is 53.7 Å². The minimum absolute atomic E-state index is 0.265. The Hall–Kier alpha value is -4.80. The number of aromatic nitrogens is 2. The number of anilines is 2. The van der Waals surface area contributed by atoms with Gasteiger partial charge in [0.05, 0.1) is 18.9 Å². The molecule has 11 nitrogen and oxygen atoms in total. The van der Waals surface area contributed by atoms with Crippen LogP contribution in [0.3, 0.4) is 0 Å². The number of unbranched alkanes of at least 4 members (excludes halogenated alkanes) is 1. The van der Waals surface area contributed by atoms with E-state index >= 15 is 0 Å². The van der Waals surface area contributed by atoms with Gasteiger partial charge in [-0.3, -0.25) is 20.0 Å². The van der Waals surface area contributed by atoms with Gasteiger partial charge in [-0.1, -0.05) is 24.3 Å². The first kappa shape index (κ1) is 26.8. The highest BCUT2D eigenvalue weighted by molar-refractivity contribution is 5.96. The molecule has 1 unspecified atom stereocenters. The van der Waals surface area contributed by atoms with E-state index < -0.39 is 17.9 Å². The molecule has 5 N–H and O–H groups in total. The maximum absolute atomic E-state index is 12.7. The third kappa shape index (κ3) is 8.42. The number of nitrogen functional groups attached to an aromatic ring is 1. The van der Waals surface area contributed by atoms with Crippen LogP contribution < -0.4 is 21.8 Å². The van der Waals surface area contributed by atoms with E-state index in [0.717, 1.165) is 5.56 Å². The Labute approximate surface area is 214 Å². The fourth-order valence-electron chi connectivity index (χ4n) is 3.29. The van der Waals surface area contributed by atoms with E-state index in [0.29, 0.717) is 43.0 Å². The Morgan fingerprint density at radius 1 is 1.03 bits per heavy atom. The Morgan fingerprint density at radius 2 is 1.84 bits per heavy atom. The van der Waals surface area contributed by atoms with Crippen molar-refractivity contribution in [3.8, 4) is 0 Å². The van der Waals surface area contributed by atoms with Crippen LogP contribution in [0.15, 0.2) is 72.1 Å². The number of nitrogens with two attached hydrogens (primary N) is 1. The number of rotatable bonds is 12. The van der Waals surface area contributed by atoms with E-state index in [4.69, 9.17) is 10.5 Å². The molecule has 0 aliphatic rings. The molecule has 0 bridgehead atoms. The molecule has 192 valence electrons. The van der Waals surface area contributed by atoms with Gasteiger partial charge in [0.1, 0.15) is 17.6 Å². The van der Waals surface area contributed by atoms with Crippen molar-refractivity contribution in [3.63, 3.8) is 0 Å². The summed E-state index contributed by atoms with van der Waals surface area (Å²) in [6.45, 7) is 0.412. The van der Waals surface area contributed by atoms with E-state index in [1.165, 1.54) is 13.3 Å². The summed E-state index contributed by atoms with van der Waals surface area (Å²) in [5.74, 6) is -0.844. The Balaban J connectivity index is 1.46. The molecule has 0 saturated heterocycles. The zero-order valence-electron chi connectivity index (χ0n) is 20.4. The van der Waals surface area contributed by atoms with Gasteiger partial charge < -0.3 is 21.1 Å². The lowest BCUT2D eigenvalue weighted by atomic mass is 10.1. The van der Waals surface area contributed by atoms with Crippen molar-refractivity contribution in [1.82, 2.24) is 20.6 Å². The second-order valence-corrected chi connectivity index (χ2v) is 7.95. The van der Waals surface area contributed by atoms with Crippen LogP contribution in [0.2, 0.25) is 0 Å². The summed E-state index contributed by atoms with van der Waals surface area (Å²) in [6, 6.07) is 14.7. The van der Waals surface area contributed by atoms with Gasteiger partial charge in [0.15, 0.2) is 0 Å². The van der Waals surface area contributed by atoms with Crippen LogP contribution in [-0.2, 0) is 9.53 Å². The maximum atomic E-state index is 12.7. The first-order valence-electron chi connectivity index (χ1n) is 11.7. The number of nitrogens with zero attached hydrogens (tertiary/aromatic N) is 3. The second kappa shape index (κ2) is 13.9. The number of hydrazone groups is 1. The summed E-state index contributed by atoms with van der Waals surface area (Å²) >= 11 is 0. The number of methoxy groups -OCH3 is 1. The average molecular weight is 504 g/mol. The van der Waals surface area contributed by atoms with Crippen LogP contribution in [0.25, 0.3) is 0 Å². The molecule has 3 rings (SSSR count). The monoisotopic (exact) mass is 503 g/mol. The highest BCUT2D eigenvalue weighted by atomic mass is 16.5. The molecular weight excluding hydrogens is 474 g/mol. The number of hydrogen-bond acceptors (Lipinski definition) is 9. The first-order chi connectivity index (χ1) is 18.0. The second-order valence-electron chi connectivity index (χ2n) is 7.95. The van der Waals surface area contributed by atoms with Gasteiger partial charge in [-0.25, -0.2) is 9.78 Å². The smallest absolute Gasteiger partial charge is 0.328 e. The van der Waals surface area contributed by atoms with Gasteiger partial charge in [-0.05, 0) is 49.6 Å². The first-order valence-corrected chi connectivity index (χ1v) is 11.7. The lowest BCUT2D eigenvalue weighted by Gasteiger charge is -2.16. The van der Waals surface area contributed by atoms with Gasteiger partial charge in [-0.2, -0.15) is 5.10 Å². The summed E-state index contributed by atoms with van der Waals surface area (Å²) in [7, 11) is 1.26. The summed E-state index contributed by atoms with van der Waals surface area (Å²) in [6.07, 6.45) is 6.04. The summed E-state index contributed by atoms with van der Waals surface area (Å²) in [4.78, 5) is 45.1. The van der Waals surface area contributed by atoms with Crippen LogP contribution in [0.1, 0.15) is 45.7 Å². The SMILES string of the molecule is COC(=O)C(CCCCNC(=O)c1ccccn1)NC(=O)c1ccc(N/N=C\c2ccccc2N)nc1. The molecule has 37 heavy (non-hydrogen) atoms. The molecule has 1 atom stereocenters. The summed E-state index contributed by atoms with van der Waals surface area (Å²) in [5, 5.41) is 9.56. The van der Waals surface area contributed by atoms with Gasteiger partial charge in [0, 0.05) is 30.2 Å². The molecule has 2 amide bonds. The Morgan fingerprint density at radius 3 is 2.54 bits per heavy atom. The topological polar surface area (TPSA) is 161 Å². The Bertz CT molecular complexity index is 1220. The number of pyridine rings is 2. The minimum Gasteiger partial charge on any atom is -0.467 e. The number of carbonyl (C=O) groups excluding carboxylic acids is 3. The molecule has 0 fully saturated rings. The van der Waals surface area contributed by atoms with E-state index in [1.54, 1.807) is 48.8 Å². The highest BCUT2D eigenvalue weighted by Crippen LogP contribution is 2.10. The van der Waals surface area contributed by atoms with E-state index in [2.05, 4.69) is 31.1 Å². The zero-order chi connectivity index (χ0) is 26.5. The molecule has 0 saturated carbocycles. The summed E-state index contributed by atoms with van der Waals surface area (Å²) in [5.41, 5.74) is 10.6. The van der Waals surface area contributed by atoms with Gasteiger partial charge >= 0.3 is 5.97 Å². The van der Waals surface area contributed by atoms with Crippen molar-refractivity contribution < 1.29 is 19.1 Å². The lowest BCUT2D eigenvalue weighted by Crippen LogP contribution is -2.41. The molecule has 3 aromatic rings.